The minimum absolute atomic E-state index is 0.242. The number of anilines is 1. The number of amides is 2. The monoisotopic (exact) mass is 346 g/mol. The molecule has 0 saturated carbocycles. The van der Waals surface area contributed by atoms with Crippen molar-refractivity contribution in [2.75, 3.05) is 11.9 Å². The quantitative estimate of drug-likeness (QED) is 0.599. The molecule has 0 unspecified atom stereocenters. The van der Waals surface area contributed by atoms with Crippen LogP contribution in [0.25, 0.3) is 10.9 Å². The lowest BCUT2D eigenvalue weighted by molar-refractivity contribution is -0.126. The Hall–Kier alpha value is -3.59. The fourth-order valence-corrected chi connectivity index (χ4v) is 2.72. The molecule has 3 N–H and O–H groups in total. The first kappa shape index (κ1) is 17.2. The standard InChI is InChI=1S/C20H18N4O2/c21-12-14-5-7-16(8-6-14)24-20(26)11-19(25)22-10-9-15-13-23-18-4-2-1-3-17(15)18/h1-8,13,23H,9-11H2,(H,22,25)(H,24,26). The fraction of sp³-hybridized carbons (Fsp3) is 0.150. The molecule has 2 aromatic carbocycles. The highest BCUT2D eigenvalue weighted by Gasteiger charge is 2.10. The Balaban J connectivity index is 1.44. The lowest BCUT2D eigenvalue weighted by Crippen LogP contribution is -2.29. The van der Waals surface area contributed by atoms with E-state index >= 15 is 0 Å². The Labute approximate surface area is 150 Å². The van der Waals surface area contributed by atoms with Crippen molar-refractivity contribution in [3.8, 4) is 6.07 Å². The first-order valence-corrected chi connectivity index (χ1v) is 8.27. The molecule has 2 amide bonds. The fourth-order valence-electron chi connectivity index (χ4n) is 2.72. The predicted molar refractivity (Wildman–Crippen MR) is 99.4 cm³/mol. The third kappa shape index (κ3) is 4.28. The molecule has 0 bridgehead atoms. The highest BCUT2D eigenvalue weighted by atomic mass is 16.2. The van der Waals surface area contributed by atoms with Crippen LogP contribution in [0.4, 0.5) is 5.69 Å². The smallest absolute Gasteiger partial charge is 0.233 e. The van der Waals surface area contributed by atoms with Crippen LogP contribution in [0, 0.1) is 11.3 Å². The topological polar surface area (TPSA) is 97.8 Å². The van der Waals surface area contributed by atoms with Gasteiger partial charge in [-0.25, -0.2) is 0 Å². The molecular formula is C20H18N4O2. The maximum atomic E-state index is 11.9. The number of nitriles is 1. The Morgan fingerprint density at radius 1 is 1.04 bits per heavy atom. The zero-order valence-electron chi connectivity index (χ0n) is 14.1. The van der Waals surface area contributed by atoms with Gasteiger partial charge in [0.1, 0.15) is 6.42 Å². The number of nitrogens with zero attached hydrogens (tertiary/aromatic N) is 1. The van der Waals surface area contributed by atoms with Gasteiger partial charge in [0.25, 0.3) is 0 Å². The summed E-state index contributed by atoms with van der Waals surface area (Å²) in [7, 11) is 0. The van der Waals surface area contributed by atoms with Crippen molar-refractivity contribution in [2.45, 2.75) is 12.8 Å². The number of hydrogen-bond acceptors (Lipinski definition) is 3. The van der Waals surface area contributed by atoms with Crippen LogP contribution in [0.2, 0.25) is 0 Å². The van der Waals surface area contributed by atoms with Crippen LogP contribution < -0.4 is 10.6 Å². The van der Waals surface area contributed by atoms with E-state index < -0.39 is 0 Å². The number of aromatic amines is 1. The van der Waals surface area contributed by atoms with Crippen LogP contribution in [0.3, 0.4) is 0 Å². The summed E-state index contributed by atoms with van der Waals surface area (Å²) < 4.78 is 0. The number of H-pyrrole nitrogens is 1. The van der Waals surface area contributed by atoms with Gasteiger partial charge in [-0.2, -0.15) is 5.26 Å². The average Bonchev–Trinajstić information content (AvgIpc) is 3.05. The predicted octanol–water partition coefficient (Wildman–Crippen LogP) is 2.73. The summed E-state index contributed by atoms with van der Waals surface area (Å²) in [6, 6.07) is 16.5. The number of nitrogens with one attached hydrogen (secondary N) is 3. The molecule has 1 heterocycles. The molecule has 0 radical (unpaired) electrons. The summed E-state index contributed by atoms with van der Waals surface area (Å²) in [5.41, 5.74) is 3.26. The van der Waals surface area contributed by atoms with E-state index in [1.807, 2.05) is 36.5 Å². The number of rotatable bonds is 6. The van der Waals surface area contributed by atoms with Crippen LogP contribution in [-0.2, 0) is 16.0 Å². The molecule has 0 aliphatic rings. The van der Waals surface area contributed by atoms with Crippen LogP contribution >= 0.6 is 0 Å². The van der Waals surface area contributed by atoms with Crippen LogP contribution in [0.5, 0.6) is 0 Å². The van der Waals surface area contributed by atoms with Gasteiger partial charge in [0.2, 0.25) is 11.8 Å². The van der Waals surface area contributed by atoms with Crippen molar-refractivity contribution in [3.63, 3.8) is 0 Å². The lowest BCUT2D eigenvalue weighted by atomic mass is 10.1. The zero-order chi connectivity index (χ0) is 18.4. The normalized spacial score (nSPS) is 10.3. The second-order valence-electron chi connectivity index (χ2n) is 5.87. The van der Waals surface area contributed by atoms with E-state index in [0.717, 1.165) is 16.5 Å². The molecule has 26 heavy (non-hydrogen) atoms. The second-order valence-corrected chi connectivity index (χ2v) is 5.87. The van der Waals surface area contributed by atoms with Crippen LogP contribution in [0.15, 0.2) is 54.7 Å². The first-order chi connectivity index (χ1) is 12.7. The van der Waals surface area contributed by atoms with Gasteiger partial charge in [0.15, 0.2) is 0 Å². The summed E-state index contributed by atoms with van der Waals surface area (Å²) in [5, 5.41) is 15.3. The highest BCUT2D eigenvalue weighted by molar-refractivity contribution is 6.03. The molecule has 0 aliphatic carbocycles. The third-order valence-electron chi connectivity index (χ3n) is 4.01. The first-order valence-electron chi connectivity index (χ1n) is 8.27. The van der Waals surface area contributed by atoms with Crippen molar-refractivity contribution >= 4 is 28.4 Å². The minimum atomic E-state index is -0.390. The Morgan fingerprint density at radius 2 is 1.81 bits per heavy atom. The maximum Gasteiger partial charge on any atom is 0.233 e. The van der Waals surface area contributed by atoms with Gasteiger partial charge in [-0.05, 0) is 42.3 Å². The van der Waals surface area contributed by atoms with Gasteiger partial charge in [-0.15, -0.1) is 0 Å². The van der Waals surface area contributed by atoms with Crippen molar-refractivity contribution < 1.29 is 9.59 Å². The molecule has 0 spiro atoms. The Bertz CT molecular complexity index is 967. The highest BCUT2D eigenvalue weighted by Crippen LogP contribution is 2.17. The van der Waals surface area contributed by atoms with Gasteiger partial charge in [-0.1, -0.05) is 18.2 Å². The number of benzene rings is 2. The van der Waals surface area contributed by atoms with E-state index in [1.165, 1.54) is 0 Å². The van der Waals surface area contributed by atoms with E-state index in [2.05, 4.69) is 15.6 Å². The van der Waals surface area contributed by atoms with E-state index in [-0.39, 0.29) is 18.2 Å². The molecule has 0 aliphatic heterocycles. The van der Waals surface area contributed by atoms with E-state index in [9.17, 15) is 9.59 Å². The molecule has 130 valence electrons. The summed E-state index contributed by atoms with van der Waals surface area (Å²) >= 11 is 0. The van der Waals surface area contributed by atoms with E-state index in [0.29, 0.717) is 24.2 Å². The van der Waals surface area contributed by atoms with Crippen molar-refractivity contribution in [3.05, 3.63) is 65.9 Å². The zero-order valence-corrected chi connectivity index (χ0v) is 14.1. The van der Waals surface area contributed by atoms with Crippen molar-refractivity contribution in [1.82, 2.24) is 10.3 Å². The molecule has 6 nitrogen and oxygen atoms in total. The number of para-hydroxylation sites is 1. The molecule has 0 saturated heterocycles. The van der Waals surface area contributed by atoms with Crippen molar-refractivity contribution in [2.24, 2.45) is 0 Å². The minimum Gasteiger partial charge on any atom is -0.361 e. The summed E-state index contributed by atoms with van der Waals surface area (Å²) in [4.78, 5) is 27.0. The largest absolute Gasteiger partial charge is 0.361 e. The SMILES string of the molecule is N#Cc1ccc(NC(=O)CC(=O)NCCc2c[nH]c3ccccc23)cc1. The Kier molecular flexibility index (Phi) is 5.30. The average molecular weight is 346 g/mol. The van der Waals surface area contributed by atoms with Gasteiger partial charge < -0.3 is 15.6 Å². The van der Waals surface area contributed by atoms with Gasteiger partial charge in [-0.3, -0.25) is 9.59 Å². The lowest BCUT2D eigenvalue weighted by Gasteiger charge is -2.06. The number of carbonyl (C=O) groups is 2. The van der Waals surface area contributed by atoms with Gasteiger partial charge in [0, 0.05) is 29.3 Å². The molecular weight excluding hydrogens is 328 g/mol. The molecule has 1 aromatic heterocycles. The molecule has 6 heteroatoms. The molecule has 3 aromatic rings. The van der Waals surface area contributed by atoms with Crippen LogP contribution in [-0.4, -0.2) is 23.3 Å². The second kappa shape index (κ2) is 7.99. The summed E-state index contributed by atoms with van der Waals surface area (Å²) in [5.74, 6) is -0.713. The summed E-state index contributed by atoms with van der Waals surface area (Å²) in [6.07, 6.45) is 2.38. The number of fused-ring (bicyclic) bond motifs is 1. The van der Waals surface area contributed by atoms with Gasteiger partial charge in [0.05, 0.1) is 11.6 Å². The molecule has 3 rings (SSSR count). The van der Waals surface area contributed by atoms with Crippen LogP contribution in [0.1, 0.15) is 17.5 Å². The van der Waals surface area contributed by atoms with E-state index in [4.69, 9.17) is 5.26 Å². The van der Waals surface area contributed by atoms with E-state index in [1.54, 1.807) is 24.3 Å². The summed E-state index contributed by atoms with van der Waals surface area (Å²) in [6.45, 7) is 0.463. The molecule has 0 fully saturated rings. The van der Waals surface area contributed by atoms with Gasteiger partial charge >= 0.3 is 0 Å². The molecule has 0 atom stereocenters. The number of carbonyl (C=O) groups excluding carboxylic acids is 2. The third-order valence-corrected chi connectivity index (χ3v) is 4.01. The Morgan fingerprint density at radius 3 is 2.58 bits per heavy atom. The number of aromatic nitrogens is 1. The van der Waals surface area contributed by atoms with Crippen molar-refractivity contribution in [1.29, 1.82) is 5.26 Å². The number of hydrogen-bond donors (Lipinski definition) is 3. The maximum absolute atomic E-state index is 11.9.